The molecule has 1 atom stereocenters. The molecule has 1 aliphatic rings. The predicted octanol–water partition coefficient (Wildman–Crippen LogP) is 4.75. The van der Waals surface area contributed by atoms with Crippen LogP contribution in [0.25, 0.3) is 0 Å². The first-order valence-electron chi connectivity index (χ1n) is 7.47. The normalized spacial score (nSPS) is 18.6. The molecule has 0 spiro atoms. The van der Waals surface area contributed by atoms with Crippen molar-refractivity contribution in [2.45, 2.75) is 45.1 Å². The average molecular weight is 366 g/mol. The number of halogens is 4. The predicted molar refractivity (Wildman–Crippen MR) is 83.3 cm³/mol. The van der Waals surface area contributed by atoms with E-state index in [-0.39, 0.29) is 17.3 Å². The van der Waals surface area contributed by atoms with E-state index in [2.05, 4.69) is 0 Å². The first-order chi connectivity index (χ1) is 11.0. The van der Waals surface area contributed by atoms with Gasteiger partial charge in [-0.15, -0.1) is 0 Å². The Balaban J connectivity index is 2.02. The summed E-state index contributed by atoms with van der Waals surface area (Å²) in [6, 6.07) is 2.93. The maximum absolute atomic E-state index is 12.8. The zero-order valence-electron chi connectivity index (χ0n) is 13.6. The first-order valence-corrected chi connectivity index (χ1v) is 7.85. The van der Waals surface area contributed by atoms with Crippen LogP contribution in [0.5, 0.6) is 5.75 Å². The zero-order chi connectivity index (χ0) is 18.1. The molecular formula is C16H19ClF3NO3. The fourth-order valence-corrected chi connectivity index (χ4v) is 2.43. The molecule has 0 aliphatic carbocycles. The largest absolute Gasteiger partial charge is 0.487 e. The number of carbonyl (C=O) groups excluding carboxylic acids is 1. The third kappa shape index (κ3) is 4.93. The molecular weight excluding hydrogens is 347 g/mol. The van der Waals surface area contributed by atoms with Crippen LogP contribution >= 0.6 is 11.6 Å². The van der Waals surface area contributed by atoms with Gasteiger partial charge in [0.25, 0.3) is 0 Å². The minimum absolute atomic E-state index is 0.0393. The summed E-state index contributed by atoms with van der Waals surface area (Å²) >= 11 is 5.91. The summed E-state index contributed by atoms with van der Waals surface area (Å²) < 4.78 is 49.1. The van der Waals surface area contributed by atoms with Crippen LogP contribution in [-0.2, 0) is 10.9 Å². The van der Waals surface area contributed by atoms with E-state index in [1.54, 1.807) is 20.8 Å². The molecule has 8 heteroatoms. The van der Waals surface area contributed by atoms with Crippen LogP contribution in [0.15, 0.2) is 18.2 Å². The molecule has 1 saturated heterocycles. The summed E-state index contributed by atoms with van der Waals surface area (Å²) in [4.78, 5) is 13.5. The van der Waals surface area contributed by atoms with Crippen molar-refractivity contribution < 1.29 is 27.4 Å². The van der Waals surface area contributed by atoms with Gasteiger partial charge in [-0.1, -0.05) is 11.6 Å². The minimum Gasteiger partial charge on any atom is -0.487 e. The second-order valence-electron chi connectivity index (χ2n) is 6.60. The van der Waals surface area contributed by atoms with Crippen molar-refractivity contribution in [3.05, 3.63) is 28.8 Å². The molecule has 134 valence electrons. The molecule has 4 nitrogen and oxygen atoms in total. The SMILES string of the molecule is CC(C)(C)OC(=O)N1CCC(Oc2cc(C(F)(F)F)ccc2Cl)C1. The van der Waals surface area contributed by atoms with Crippen LogP contribution in [0, 0.1) is 0 Å². The highest BCUT2D eigenvalue weighted by Crippen LogP contribution is 2.35. The number of hydrogen-bond acceptors (Lipinski definition) is 3. The first kappa shape index (κ1) is 18.7. The summed E-state index contributed by atoms with van der Waals surface area (Å²) in [6.45, 7) is 5.93. The molecule has 0 radical (unpaired) electrons. The maximum Gasteiger partial charge on any atom is 0.416 e. The van der Waals surface area contributed by atoms with Crippen molar-refractivity contribution in [2.75, 3.05) is 13.1 Å². The van der Waals surface area contributed by atoms with Gasteiger partial charge in [0.05, 0.1) is 17.1 Å². The number of hydrogen-bond donors (Lipinski definition) is 0. The van der Waals surface area contributed by atoms with Gasteiger partial charge in [0.2, 0.25) is 0 Å². The van der Waals surface area contributed by atoms with E-state index in [0.717, 1.165) is 18.2 Å². The number of likely N-dealkylation sites (tertiary alicyclic amines) is 1. The molecule has 0 aromatic heterocycles. The number of alkyl halides is 3. The van der Waals surface area contributed by atoms with E-state index in [9.17, 15) is 18.0 Å². The van der Waals surface area contributed by atoms with E-state index >= 15 is 0 Å². The number of benzene rings is 1. The molecule has 0 bridgehead atoms. The average Bonchev–Trinajstić information content (AvgIpc) is 2.87. The molecule has 1 aromatic carbocycles. The van der Waals surface area contributed by atoms with Crippen molar-refractivity contribution in [3.63, 3.8) is 0 Å². The van der Waals surface area contributed by atoms with Crippen molar-refractivity contribution in [1.82, 2.24) is 4.90 Å². The number of carbonyl (C=O) groups is 1. The van der Waals surface area contributed by atoms with Gasteiger partial charge in [0.15, 0.2) is 0 Å². The van der Waals surface area contributed by atoms with E-state index < -0.39 is 29.5 Å². The third-order valence-corrected chi connectivity index (χ3v) is 3.66. The molecule has 1 aliphatic heterocycles. The van der Waals surface area contributed by atoms with Crippen LogP contribution in [0.4, 0.5) is 18.0 Å². The molecule has 1 heterocycles. The number of rotatable bonds is 2. The summed E-state index contributed by atoms with van der Waals surface area (Å²) in [6.07, 6.45) is -4.88. The van der Waals surface area contributed by atoms with Gasteiger partial charge in [-0.3, -0.25) is 0 Å². The Bertz CT molecular complexity index is 614. The second kappa shape index (κ2) is 6.70. The number of amides is 1. The van der Waals surface area contributed by atoms with Gasteiger partial charge in [-0.05, 0) is 39.0 Å². The van der Waals surface area contributed by atoms with Gasteiger partial charge in [-0.25, -0.2) is 4.79 Å². The molecule has 0 N–H and O–H groups in total. The Morgan fingerprint density at radius 3 is 2.54 bits per heavy atom. The highest BCUT2D eigenvalue weighted by Gasteiger charge is 2.33. The second-order valence-corrected chi connectivity index (χ2v) is 7.01. The quantitative estimate of drug-likeness (QED) is 0.759. The fourth-order valence-electron chi connectivity index (χ4n) is 2.27. The lowest BCUT2D eigenvalue weighted by molar-refractivity contribution is -0.137. The van der Waals surface area contributed by atoms with Gasteiger partial charge < -0.3 is 14.4 Å². The standard InChI is InChI=1S/C16H19ClF3NO3/c1-15(2,3)24-14(22)21-7-6-11(9-21)23-13-8-10(16(18,19)20)4-5-12(13)17/h4-5,8,11H,6-7,9H2,1-3H3. The smallest absolute Gasteiger partial charge is 0.416 e. The third-order valence-electron chi connectivity index (χ3n) is 3.35. The maximum atomic E-state index is 12.8. The number of ether oxygens (including phenoxy) is 2. The molecule has 1 aromatic rings. The molecule has 0 saturated carbocycles. The molecule has 1 unspecified atom stereocenters. The van der Waals surface area contributed by atoms with E-state index in [0.29, 0.717) is 13.0 Å². The number of nitrogens with zero attached hydrogens (tertiary/aromatic N) is 1. The summed E-state index contributed by atoms with van der Waals surface area (Å²) in [7, 11) is 0. The summed E-state index contributed by atoms with van der Waals surface area (Å²) in [5.74, 6) is -0.0393. The molecule has 24 heavy (non-hydrogen) atoms. The Morgan fingerprint density at radius 2 is 1.96 bits per heavy atom. The highest BCUT2D eigenvalue weighted by atomic mass is 35.5. The van der Waals surface area contributed by atoms with E-state index in [1.807, 2.05) is 0 Å². The molecule has 1 amide bonds. The lowest BCUT2D eigenvalue weighted by Crippen LogP contribution is -2.36. The molecule has 1 fully saturated rings. The van der Waals surface area contributed by atoms with Crippen LogP contribution in [0.3, 0.4) is 0 Å². The summed E-state index contributed by atoms with van der Waals surface area (Å²) in [5, 5.41) is 0.0960. The van der Waals surface area contributed by atoms with Gasteiger partial charge >= 0.3 is 12.3 Å². The van der Waals surface area contributed by atoms with Crippen LogP contribution in [0.1, 0.15) is 32.8 Å². The fraction of sp³-hybridized carbons (Fsp3) is 0.562. The summed E-state index contributed by atoms with van der Waals surface area (Å²) in [5.41, 5.74) is -1.44. The van der Waals surface area contributed by atoms with Crippen molar-refractivity contribution in [2.24, 2.45) is 0 Å². The van der Waals surface area contributed by atoms with Gasteiger partial charge in [0, 0.05) is 13.0 Å². The topological polar surface area (TPSA) is 38.8 Å². The Hall–Kier alpha value is -1.63. The monoisotopic (exact) mass is 365 g/mol. The van der Waals surface area contributed by atoms with Crippen LogP contribution in [-0.4, -0.2) is 35.8 Å². The van der Waals surface area contributed by atoms with Crippen molar-refractivity contribution in [3.8, 4) is 5.75 Å². The van der Waals surface area contributed by atoms with Gasteiger partial charge in [-0.2, -0.15) is 13.2 Å². The minimum atomic E-state index is -4.47. The van der Waals surface area contributed by atoms with E-state index in [4.69, 9.17) is 21.1 Å². The Labute approximate surface area is 143 Å². The lowest BCUT2D eigenvalue weighted by Gasteiger charge is -2.24. The van der Waals surface area contributed by atoms with Crippen LogP contribution < -0.4 is 4.74 Å². The highest BCUT2D eigenvalue weighted by molar-refractivity contribution is 6.32. The lowest BCUT2D eigenvalue weighted by atomic mass is 10.2. The van der Waals surface area contributed by atoms with Crippen molar-refractivity contribution in [1.29, 1.82) is 0 Å². The van der Waals surface area contributed by atoms with Crippen LogP contribution in [0.2, 0.25) is 5.02 Å². The van der Waals surface area contributed by atoms with Crippen molar-refractivity contribution >= 4 is 17.7 Å². The Morgan fingerprint density at radius 1 is 1.29 bits per heavy atom. The Kier molecular flexibility index (Phi) is 5.22. The van der Waals surface area contributed by atoms with E-state index in [1.165, 1.54) is 4.90 Å². The zero-order valence-corrected chi connectivity index (χ0v) is 14.4. The molecule has 2 rings (SSSR count). The van der Waals surface area contributed by atoms with Gasteiger partial charge in [0.1, 0.15) is 17.5 Å².